The van der Waals surface area contributed by atoms with E-state index in [9.17, 15) is 0 Å². The molecule has 0 spiro atoms. The van der Waals surface area contributed by atoms with E-state index in [1.165, 1.54) is 11.1 Å². The molecule has 17 heavy (non-hydrogen) atoms. The lowest BCUT2D eigenvalue weighted by Crippen LogP contribution is -2.10. The Morgan fingerprint density at radius 1 is 1.35 bits per heavy atom. The summed E-state index contributed by atoms with van der Waals surface area (Å²) in [4.78, 5) is 4.35. The number of rotatable bonds is 4. The van der Waals surface area contributed by atoms with Crippen molar-refractivity contribution in [3.63, 3.8) is 0 Å². The first kappa shape index (κ1) is 11.8. The Bertz CT molecular complexity index is 526. The lowest BCUT2D eigenvalue weighted by Gasteiger charge is -2.14. The Morgan fingerprint density at radius 2 is 2.18 bits per heavy atom. The molecule has 0 bridgehead atoms. The van der Waals surface area contributed by atoms with Crippen LogP contribution < -0.4 is 5.73 Å². The predicted molar refractivity (Wildman–Crippen MR) is 72.7 cm³/mol. The average Bonchev–Trinajstić information content (AvgIpc) is 2.35. The van der Waals surface area contributed by atoms with Crippen LogP contribution >= 0.6 is 0 Å². The summed E-state index contributed by atoms with van der Waals surface area (Å²) < 4.78 is 0. The zero-order valence-corrected chi connectivity index (χ0v) is 10.2. The summed E-state index contributed by atoms with van der Waals surface area (Å²) in [7, 11) is 0. The summed E-state index contributed by atoms with van der Waals surface area (Å²) >= 11 is 0. The minimum Gasteiger partial charge on any atom is -0.324 e. The fraction of sp³-hybridized carbons (Fsp3) is 0.267. The van der Waals surface area contributed by atoms with Crippen LogP contribution in [0.5, 0.6) is 0 Å². The zero-order valence-electron chi connectivity index (χ0n) is 10.2. The van der Waals surface area contributed by atoms with Gasteiger partial charge in [-0.2, -0.15) is 0 Å². The molecule has 2 N–H and O–H groups in total. The van der Waals surface area contributed by atoms with E-state index < -0.39 is 0 Å². The van der Waals surface area contributed by atoms with Gasteiger partial charge in [-0.1, -0.05) is 23.8 Å². The second-order valence-corrected chi connectivity index (χ2v) is 4.52. The van der Waals surface area contributed by atoms with Gasteiger partial charge >= 0.3 is 0 Å². The molecule has 0 aliphatic carbocycles. The number of hydrogen-bond donors (Lipinski definition) is 1. The van der Waals surface area contributed by atoms with Crippen molar-refractivity contribution in [2.24, 2.45) is 5.73 Å². The molecule has 2 aromatic rings. The summed E-state index contributed by atoms with van der Waals surface area (Å²) in [6.45, 7) is 5.95. The van der Waals surface area contributed by atoms with Crippen LogP contribution in [0.25, 0.3) is 10.9 Å². The predicted octanol–water partition coefficient (Wildman–Crippen LogP) is 3.59. The topological polar surface area (TPSA) is 38.9 Å². The van der Waals surface area contributed by atoms with E-state index >= 15 is 0 Å². The van der Waals surface area contributed by atoms with E-state index in [4.69, 9.17) is 5.73 Å². The molecule has 2 heteroatoms. The third-order valence-corrected chi connectivity index (χ3v) is 2.96. The quantitative estimate of drug-likeness (QED) is 0.809. The number of benzene rings is 1. The molecule has 1 unspecified atom stereocenters. The molecule has 0 amide bonds. The summed E-state index contributed by atoms with van der Waals surface area (Å²) in [5.74, 6) is 0. The Hall–Kier alpha value is -1.67. The lowest BCUT2D eigenvalue weighted by atomic mass is 9.97. The Morgan fingerprint density at radius 3 is 2.94 bits per heavy atom. The van der Waals surface area contributed by atoms with Crippen LogP contribution in [0.1, 0.15) is 31.4 Å². The molecule has 0 aliphatic heterocycles. The number of allylic oxidation sites excluding steroid dienone is 1. The van der Waals surface area contributed by atoms with Crippen molar-refractivity contribution in [1.82, 2.24) is 4.98 Å². The van der Waals surface area contributed by atoms with Gasteiger partial charge in [-0.15, -0.1) is 6.58 Å². The first-order chi connectivity index (χ1) is 8.18. The fourth-order valence-corrected chi connectivity index (χ4v) is 2.01. The van der Waals surface area contributed by atoms with Crippen LogP contribution in [-0.4, -0.2) is 4.98 Å². The van der Waals surface area contributed by atoms with Gasteiger partial charge in [-0.05, 0) is 37.5 Å². The third-order valence-electron chi connectivity index (χ3n) is 2.96. The summed E-state index contributed by atoms with van der Waals surface area (Å²) in [5.41, 5.74) is 9.61. The highest BCUT2D eigenvalue weighted by molar-refractivity contribution is 5.82. The molecule has 0 radical (unpaired) electrons. The van der Waals surface area contributed by atoms with Gasteiger partial charge in [0.25, 0.3) is 0 Å². The fourth-order valence-electron chi connectivity index (χ4n) is 2.01. The highest BCUT2D eigenvalue weighted by Gasteiger charge is 2.09. The molecule has 2 rings (SSSR count). The molecule has 1 aromatic carbocycles. The molecule has 0 aliphatic rings. The molecular formula is C15H18N2. The molecule has 1 aromatic heterocycles. The summed E-state index contributed by atoms with van der Waals surface area (Å²) in [6, 6.07) is 10.2. The van der Waals surface area contributed by atoms with Crippen molar-refractivity contribution in [2.75, 3.05) is 0 Å². The van der Waals surface area contributed by atoms with Gasteiger partial charge in [0.05, 0.1) is 5.52 Å². The molecule has 1 heterocycles. The van der Waals surface area contributed by atoms with E-state index in [1.807, 2.05) is 31.3 Å². The van der Waals surface area contributed by atoms with Crippen LogP contribution in [0.2, 0.25) is 0 Å². The first-order valence-corrected chi connectivity index (χ1v) is 5.92. The monoisotopic (exact) mass is 226 g/mol. The summed E-state index contributed by atoms with van der Waals surface area (Å²) in [6.07, 6.45) is 3.71. The van der Waals surface area contributed by atoms with E-state index in [0.717, 1.165) is 23.7 Å². The Labute approximate surface area is 102 Å². The van der Waals surface area contributed by atoms with Gasteiger partial charge in [0, 0.05) is 17.6 Å². The molecule has 0 saturated heterocycles. The Balaban J connectivity index is 2.31. The minimum atomic E-state index is 0.0552. The van der Waals surface area contributed by atoms with E-state index in [-0.39, 0.29) is 6.04 Å². The van der Waals surface area contributed by atoms with Crippen molar-refractivity contribution >= 4 is 10.9 Å². The van der Waals surface area contributed by atoms with Crippen molar-refractivity contribution < 1.29 is 0 Å². The maximum atomic E-state index is 6.24. The van der Waals surface area contributed by atoms with Crippen LogP contribution in [0.4, 0.5) is 0 Å². The molecule has 1 atom stereocenters. The SMILES string of the molecule is C=C(C)CCC(N)c1cccc2ncccc12. The van der Waals surface area contributed by atoms with Gasteiger partial charge in [-0.3, -0.25) is 4.98 Å². The number of fused-ring (bicyclic) bond motifs is 1. The molecule has 0 saturated carbocycles. The number of aromatic nitrogens is 1. The average molecular weight is 226 g/mol. The van der Waals surface area contributed by atoms with Crippen molar-refractivity contribution in [3.05, 3.63) is 54.2 Å². The van der Waals surface area contributed by atoms with E-state index in [2.05, 4.69) is 23.7 Å². The first-order valence-electron chi connectivity index (χ1n) is 5.92. The molecule has 2 nitrogen and oxygen atoms in total. The smallest absolute Gasteiger partial charge is 0.0705 e. The normalized spacial score (nSPS) is 12.6. The number of nitrogens with zero attached hydrogens (tertiary/aromatic N) is 1. The second-order valence-electron chi connectivity index (χ2n) is 4.52. The van der Waals surface area contributed by atoms with Gasteiger partial charge in [0.1, 0.15) is 0 Å². The molecule has 0 fully saturated rings. The van der Waals surface area contributed by atoms with Gasteiger partial charge in [0.2, 0.25) is 0 Å². The summed E-state index contributed by atoms with van der Waals surface area (Å²) in [5, 5.41) is 1.16. The van der Waals surface area contributed by atoms with Crippen LogP contribution in [0.15, 0.2) is 48.7 Å². The maximum absolute atomic E-state index is 6.24. The van der Waals surface area contributed by atoms with Crippen molar-refractivity contribution in [2.45, 2.75) is 25.8 Å². The third kappa shape index (κ3) is 2.71. The number of pyridine rings is 1. The Kier molecular flexibility index (Phi) is 3.55. The number of hydrogen-bond acceptors (Lipinski definition) is 2. The van der Waals surface area contributed by atoms with Gasteiger partial charge in [0.15, 0.2) is 0 Å². The van der Waals surface area contributed by atoms with Crippen molar-refractivity contribution in [1.29, 1.82) is 0 Å². The standard InChI is InChI=1S/C15H18N2/c1-11(2)8-9-14(16)12-5-3-7-15-13(12)6-4-10-17-15/h3-7,10,14H,1,8-9,16H2,2H3. The van der Waals surface area contributed by atoms with E-state index in [1.54, 1.807) is 0 Å². The minimum absolute atomic E-state index is 0.0552. The van der Waals surface area contributed by atoms with Gasteiger partial charge in [-0.25, -0.2) is 0 Å². The maximum Gasteiger partial charge on any atom is 0.0705 e. The van der Waals surface area contributed by atoms with Gasteiger partial charge < -0.3 is 5.73 Å². The number of nitrogens with two attached hydrogens (primary N) is 1. The highest BCUT2D eigenvalue weighted by Crippen LogP contribution is 2.25. The van der Waals surface area contributed by atoms with Crippen molar-refractivity contribution in [3.8, 4) is 0 Å². The highest BCUT2D eigenvalue weighted by atomic mass is 14.7. The van der Waals surface area contributed by atoms with Crippen LogP contribution in [0.3, 0.4) is 0 Å². The largest absolute Gasteiger partial charge is 0.324 e. The molecular weight excluding hydrogens is 208 g/mol. The van der Waals surface area contributed by atoms with E-state index in [0.29, 0.717) is 0 Å². The lowest BCUT2D eigenvalue weighted by molar-refractivity contribution is 0.653. The molecule has 88 valence electrons. The van der Waals surface area contributed by atoms with Crippen LogP contribution in [-0.2, 0) is 0 Å². The van der Waals surface area contributed by atoms with Crippen LogP contribution in [0, 0.1) is 0 Å². The second kappa shape index (κ2) is 5.11. The zero-order chi connectivity index (χ0) is 12.3.